The van der Waals surface area contributed by atoms with Crippen LogP contribution in [0, 0.1) is 101 Å². The van der Waals surface area contributed by atoms with Crippen LogP contribution in [0.15, 0.2) is 72.8 Å². The highest BCUT2D eigenvalue weighted by Gasteiger charge is 2.24. The van der Waals surface area contributed by atoms with Crippen molar-refractivity contribution in [1.82, 2.24) is 19.9 Å². The van der Waals surface area contributed by atoms with E-state index in [1.54, 1.807) is 0 Å². The lowest BCUT2D eigenvalue weighted by atomic mass is 9.92. The second kappa shape index (κ2) is 15.7. The van der Waals surface area contributed by atoms with Crippen LogP contribution in [0.1, 0.15) is 89.5 Å². The molecule has 3 aromatic heterocycles. The van der Waals surface area contributed by atoms with Gasteiger partial charge < -0.3 is 9.97 Å². The molecule has 306 valence electrons. The van der Waals surface area contributed by atoms with E-state index in [9.17, 15) is 21.0 Å². The Bertz CT molecular complexity index is 3070. The summed E-state index contributed by atoms with van der Waals surface area (Å²) >= 11 is 0. The smallest absolute Gasteiger partial charge is 0.0991 e. The van der Waals surface area contributed by atoms with E-state index in [1.165, 1.54) is 0 Å². The van der Waals surface area contributed by atoms with Crippen molar-refractivity contribution < 1.29 is 0 Å². The maximum absolute atomic E-state index is 9.95. The van der Waals surface area contributed by atoms with Crippen LogP contribution >= 0.6 is 0 Å². The molecule has 0 saturated carbocycles. The number of rotatable bonds is 4. The molecule has 0 unspecified atom stereocenters. The second-order valence-corrected chi connectivity index (χ2v) is 16.9. The molecule has 0 saturated heterocycles. The van der Waals surface area contributed by atoms with Gasteiger partial charge in [0.05, 0.1) is 69.3 Å². The zero-order chi connectivity index (χ0) is 45.1. The molecule has 8 bridgehead atoms. The fourth-order valence-corrected chi connectivity index (χ4v) is 9.95. The van der Waals surface area contributed by atoms with Crippen molar-refractivity contribution in [1.29, 1.82) is 21.0 Å². The van der Waals surface area contributed by atoms with Crippen molar-refractivity contribution in [3.63, 3.8) is 0 Å². The molecule has 4 aromatic carbocycles. The zero-order valence-electron chi connectivity index (χ0n) is 36.9. The van der Waals surface area contributed by atoms with Crippen molar-refractivity contribution in [2.45, 2.75) is 55.4 Å². The van der Waals surface area contributed by atoms with Gasteiger partial charge in [-0.15, -0.1) is 0 Å². The number of aromatic amines is 2. The number of hydrogen-bond acceptors (Lipinski definition) is 6. The molecule has 0 amide bonds. The fourth-order valence-electron chi connectivity index (χ4n) is 9.95. The van der Waals surface area contributed by atoms with Gasteiger partial charge in [-0.25, -0.2) is 9.97 Å². The second-order valence-electron chi connectivity index (χ2n) is 16.9. The quantitative estimate of drug-likeness (QED) is 0.180. The molecule has 0 radical (unpaired) electrons. The Balaban J connectivity index is 1.54. The molecule has 2 aliphatic rings. The standard InChI is InChI=1S/C56H42N8/c1-29-17-37(25-57)18-30(2)49(29)53-41-9-11-43(61-41)54(50-31(3)19-38(26-58)20-32(50)4)45-13-15-47(63-45)56(52-35(7)23-40(28-60)24-36(52)8)48-16-14-46(64-48)55(44-12-10-42(53)62-44)51-33(5)21-39(27-59)22-34(51)6/h9-24,61,64H,1-8H3. The Morgan fingerprint density at radius 1 is 0.312 bits per heavy atom. The van der Waals surface area contributed by atoms with Crippen LogP contribution in [-0.4, -0.2) is 19.9 Å². The van der Waals surface area contributed by atoms with E-state index >= 15 is 0 Å². The molecule has 8 heteroatoms. The van der Waals surface area contributed by atoms with Crippen molar-refractivity contribution in [3.05, 3.63) is 162 Å². The first-order valence-electron chi connectivity index (χ1n) is 21.1. The van der Waals surface area contributed by atoms with Crippen LogP contribution in [0.3, 0.4) is 0 Å². The summed E-state index contributed by atoms with van der Waals surface area (Å²) in [5.41, 5.74) is 23.7. The predicted molar refractivity (Wildman–Crippen MR) is 257 cm³/mol. The SMILES string of the molecule is Cc1cc(C#N)cc(C)c1-c1c2nc(c(-c3c(C)cc(C#N)cc3C)c3ccc([nH]3)c(-c3c(C)cc(C#N)cc3C)c3nc(c(-c4c(C)cc(C#N)cc4C)c4ccc1[nH]4)C=C3)C=C2. The van der Waals surface area contributed by atoms with E-state index in [2.05, 4.69) is 82.8 Å². The third kappa shape index (κ3) is 6.76. The molecular weight excluding hydrogens is 785 g/mol. The molecule has 0 fully saturated rings. The van der Waals surface area contributed by atoms with Gasteiger partial charge in [-0.05, 0) is 219 Å². The van der Waals surface area contributed by atoms with Crippen molar-refractivity contribution in [3.8, 4) is 68.8 Å². The first-order chi connectivity index (χ1) is 30.8. The van der Waals surface area contributed by atoms with E-state index in [0.717, 1.165) is 134 Å². The largest absolute Gasteiger partial charge is 0.354 e. The van der Waals surface area contributed by atoms with Gasteiger partial charge in [-0.1, -0.05) is 0 Å². The van der Waals surface area contributed by atoms with Gasteiger partial charge in [0, 0.05) is 44.3 Å². The predicted octanol–water partition coefficient (Wildman–Crippen LogP) is 13.3. The Hall–Kier alpha value is -8.56. The number of fused-ring (bicyclic) bond motifs is 8. The number of benzene rings is 4. The van der Waals surface area contributed by atoms with E-state index in [1.807, 2.05) is 104 Å². The van der Waals surface area contributed by atoms with E-state index in [-0.39, 0.29) is 0 Å². The summed E-state index contributed by atoms with van der Waals surface area (Å²) in [5.74, 6) is 0. The topological polar surface area (TPSA) is 153 Å². The minimum absolute atomic E-state index is 0.587. The number of hydrogen-bond donors (Lipinski definition) is 2. The number of nitriles is 4. The summed E-state index contributed by atoms with van der Waals surface area (Å²) < 4.78 is 0. The van der Waals surface area contributed by atoms with Crippen LogP contribution in [0.4, 0.5) is 0 Å². The van der Waals surface area contributed by atoms with Gasteiger partial charge >= 0.3 is 0 Å². The van der Waals surface area contributed by atoms with E-state index in [0.29, 0.717) is 22.3 Å². The molecular formula is C56H42N8. The van der Waals surface area contributed by atoms with E-state index in [4.69, 9.17) is 9.97 Å². The summed E-state index contributed by atoms with van der Waals surface area (Å²) in [5, 5.41) is 39.8. The van der Waals surface area contributed by atoms with Gasteiger partial charge in [0.15, 0.2) is 0 Å². The number of nitrogens with zero attached hydrogens (tertiary/aromatic N) is 6. The van der Waals surface area contributed by atoms with Crippen LogP contribution in [0.5, 0.6) is 0 Å². The van der Waals surface area contributed by atoms with Crippen molar-refractivity contribution in [2.24, 2.45) is 0 Å². The van der Waals surface area contributed by atoms with Gasteiger partial charge in [0.2, 0.25) is 0 Å². The fraction of sp³-hybridized carbons (Fsp3) is 0.143. The number of nitrogens with one attached hydrogen (secondary N) is 2. The molecule has 0 spiro atoms. The maximum Gasteiger partial charge on any atom is 0.0991 e. The molecule has 5 heterocycles. The molecule has 0 aliphatic carbocycles. The highest BCUT2D eigenvalue weighted by Crippen LogP contribution is 2.43. The normalized spacial score (nSPS) is 11.6. The van der Waals surface area contributed by atoms with Gasteiger partial charge in [0.25, 0.3) is 0 Å². The lowest BCUT2D eigenvalue weighted by Gasteiger charge is -2.14. The lowest BCUT2D eigenvalue weighted by Crippen LogP contribution is -1.96. The van der Waals surface area contributed by atoms with Crippen LogP contribution in [-0.2, 0) is 0 Å². The minimum Gasteiger partial charge on any atom is -0.354 e. The summed E-state index contributed by atoms with van der Waals surface area (Å²) in [7, 11) is 0. The third-order valence-corrected chi connectivity index (χ3v) is 12.4. The molecule has 8 nitrogen and oxygen atoms in total. The molecule has 2 N–H and O–H groups in total. The average Bonchev–Trinajstić information content (AvgIpc) is 4.11. The Kier molecular flexibility index (Phi) is 10.0. The lowest BCUT2D eigenvalue weighted by molar-refractivity contribution is 1.28. The summed E-state index contributed by atoms with van der Waals surface area (Å²) in [6, 6.07) is 33.0. The molecule has 9 rings (SSSR count). The summed E-state index contributed by atoms with van der Waals surface area (Å²) in [4.78, 5) is 18.7. The number of aryl methyl sites for hydroxylation is 8. The van der Waals surface area contributed by atoms with E-state index < -0.39 is 0 Å². The minimum atomic E-state index is 0.587. The van der Waals surface area contributed by atoms with Crippen LogP contribution < -0.4 is 0 Å². The first kappa shape index (κ1) is 40.8. The van der Waals surface area contributed by atoms with Gasteiger partial charge in [-0.2, -0.15) is 21.0 Å². The summed E-state index contributed by atoms with van der Waals surface area (Å²) in [6.45, 7) is 16.3. The molecule has 0 atom stereocenters. The number of aromatic nitrogens is 4. The number of H-pyrrole nitrogens is 2. The van der Waals surface area contributed by atoms with Crippen molar-refractivity contribution in [2.75, 3.05) is 0 Å². The molecule has 7 aromatic rings. The Morgan fingerprint density at radius 2 is 0.500 bits per heavy atom. The third-order valence-electron chi connectivity index (χ3n) is 12.4. The van der Waals surface area contributed by atoms with Crippen molar-refractivity contribution >= 4 is 46.4 Å². The Morgan fingerprint density at radius 3 is 0.672 bits per heavy atom. The summed E-state index contributed by atoms with van der Waals surface area (Å²) in [6.07, 6.45) is 8.24. The monoisotopic (exact) mass is 826 g/mol. The highest BCUT2D eigenvalue weighted by atomic mass is 14.8. The van der Waals surface area contributed by atoms with Gasteiger partial charge in [0.1, 0.15) is 0 Å². The van der Waals surface area contributed by atoms with Crippen LogP contribution in [0.25, 0.3) is 90.9 Å². The average molecular weight is 827 g/mol. The van der Waals surface area contributed by atoms with Gasteiger partial charge in [-0.3, -0.25) is 0 Å². The van der Waals surface area contributed by atoms with Crippen LogP contribution in [0.2, 0.25) is 0 Å². The zero-order valence-corrected chi connectivity index (χ0v) is 36.9. The highest BCUT2D eigenvalue weighted by molar-refractivity contribution is 6.02. The molecule has 64 heavy (non-hydrogen) atoms. The molecule has 2 aliphatic heterocycles. The maximum atomic E-state index is 9.95. The Labute approximate surface area is 372 Å². The first-order valence-corrected chi connectivity index (χ1v) is 21.1.